The van der Waals surface area contributed by atoms with Gasteiger partial charge in [-0.3, -0.25) is 4.90 Å². The molecule has 0 aromatic heterocycles. The number of nitrogens with zero attached hydrogens (tertiary/aromatic N) is 2. The lowest BCUT2D eigenvalue weighted by atomic mass is 9.98. The Labute approximate surface area is 174 Å². The van der Waals surface area contributed by atoms with Gasteiger partial charge in [0.05, 0.1) is 13.2 Å². The van der Waals surface area contributed by atoms with Crippen LogP contribution in [0.15, 0.2) is 54.6 Å². The molecule has 5 heteroatoms. The summed E-state index contributed by atoms with van der Waals surface area (Å²) in [5.74, 6) is 1.58. The first kappa shape index (κ1) is 21.8. The van der Waals surface area contributed by atoms with Crippen molar-refractivity contribution in [3.05, 3.63) is 65.7 Å². The second kappa shape index (κ2) is 10.7. The normalized spacial score (nSPS) is 22.0. The second-order valence-corrected chi connectivity index (χ2v) is 8.03. The minimum absolute atomic E-state index is 0.182. The Bertz CT molecular complexity index is 705. The van der Waals surface area contributed by atoms with Crippen molar-refractivity contribution in [2.45, 2.75) is 44.2 Å². The highest BCUT2D eigenvalue weighted by Crippen LogP contribution is 2.33. The third-order valence-electron chi connectivity index (χ3n) is 6.08. The van der Waals surface area contributed by atoms with Crippen molar-refractivity contribution in [1.29, 1.82) is 0 Å². The molecule has 0 bridgehead atoms. The third-order valence-corrected chi connectivity index (χ3v) is 6.08. The van der Waals surface area contributed by atoms with Gasteiger partial charge in [0, 0.05) is 25.7 Å². The first-order valence-corrected chi connectivity index (χ1v) is 10.6. The van der Waals surface area contributed by atoms with E-state index in [0.29, 0.717) is 37.9 Å². The highest BCUT2D eigenvalue weighted by Gasteiger charge is 2.27. The number of benzene rings is 2. The van der Waals surface area contributed by atoms with Gasteiger partial charge in [0.25, 0.3) is 0 Å². The number of aliphatic hydroxyl groups is 1. The highest BCUT2D eigenvalue weighted by atomic mass is 16.5. The first-order valence-electron chi connectivity index (χ1n) is 10.6. The molecule has 2 aliphatic heterocycles. The zero-order chi connectivity index (χ0) is 20.6. The molecule has 0 radical (unpaired) electrons. The Morgan fingerprint density at radius 3 is 2.17 bits per heavy atom. The molecule has 2 unspecified atom stereocenters. The smallest absolute Gasteiger partial charge is 0.118 e. The van der Waals surface area contributed by atoms with Crippen LogP contribution in [-0.2, 0) is 0 Å². The van der Waals surface area contributed by atoms with Crippen LogP contribution in [0.5, 0.6) is 5.75 Å². The zero-order valence-corrected chi connectivity index (χ0v) is 17.6. The molecule has 5 nitrogen and oxygen atoms in total. The van der Waals surface area contributed by atoms with Crippen LogP contribution in [0.4, 0.5) is 0 Å². The molecule has 0 spiro atoms. The molecule has 158 valence electrons. The van der Waals surface area contributed by atoms with Crippen molar-refractivity contribution in [3.8, 4) is 5.75 Å². The number of ether oxygens (including phenoxy) is 1. The Hall–Kier alpha value is -1.92. The van der Waals surface area contributed by atoms with Crippen molar-refractivity contribution in [2.24, 2.45) is 0 Å². The maximum Gasteiger partial charge on any atom is 0.118 e. The monoisotopic (exact) mass is 398 g/mol. The molecule has 2 saturated heterocycles. The van der Waals surface area contributed by atoms with Crippen LogP contribution < -0.4 is 4.74 Å². The molecule has 29 heavy (non-hydrogen) atoms. The van der Waals surface area contributed by atoms with E-state index in [2.05, 4.69) is 66.4 Å². The second-order valence-electron chi connectivity index (χ2n) is 8.03. The number of aliphatic hydroxyl groups excluding tert-OH is 1. The average molecular weight is 399 g/mol. The summed E-state index contributed by atoms with van der Waals surface area (Å²) in [7, 11) is 1.72. The molecule has 2 fully saturated rings. The molecule has 4 rings (SSSR count). The minimum Gasteiger partial charge on any atom is -0.497 e. The Balaban J connectivity index is 0.000000252. The molecule has 0 aliphatic carbocycles. The Morgan fingerprint density at radius 1 is 0.931 bits per heavy atom. The third kappa shape index (κ3) is 6.28. The number of methoxy groups -OCH3 is 1. The fourth-order valence-electron chi connectivity index (χ4n) is 4.08. The van der Waals surface area contributed by atoms with E-state index in [-0.39, 0.29) is 6.10 Å². The van der Waals surface area contributed by atoms with Crippen LogP contribution in [-0.4, -0.2) is 59.7 Å². The van der Waals surface area contributed by atoms with E-state index in [0.717, 1.165) is 12.3 Å². The van der Waals surface area contributed by atoms with E-state index < -0.39 is 0 Å². The number of hydroxylamine groups is 2. The SMILES string of the molecule is COc1ccc(C2CCN(C(C)c3ccccc3)C2)cc1.OC1CCN(O)CC1. The minimum atomic E-state index is -0.182. The summed E-state index contributed by atoms with van der Waals surface area (Å²) in [6, 6.07) is 19.8. The van der Waals surface area contributed by atoms with Gasteiger partial charge >= 0.3 is 0 Å². The molecule has 2 N–H and O–H groups in total. The Kier molecular flexibility index (Phi) is 8.07. The van der Waals surface area contributed by atoms with Gasteiger partial charge in [-0.1, -0.05) is 42.5 Å². The summed E-state index contributed by atoms with van der Waals surface area (Å²) in [6.45, 7) is 5.85. The standard InChI is InChI=1S/C19H23NO.C5H11NO2/c1-15(16-6-4-3-5-7-16)20-13-12-18(14-20)17-8-10-19(21-2)11-9-17;7-5-1-3-6(8)4-2-5/h3-11,15,18H,12-14H2,1-2H3;5,7-8H,1-4H2. The molecule has 2 heterocycles. The largest absolute Gasteiger partial charge is 0.497 e. The highest BCUT2D eigenvalue weighted by molar-refractivity contribution is 5.30. The number of hydrogen-bond donors (Lipinski definition) is 2. The first-order chi connectivity index (χ1) is 14.1. The lowest BCUT2D eigenvalue weighted by Gasteiger charge is -2.24. The zero-order valence-electron chi connectivity index (χ0n) is 17.6. The molecule has 0 saturated carbocycles. The lowest BCUT2D eigenvalue weighted by Crippen LogP contribution is -2.33. The number of hydrogen-bond acceptors (Lipinski definition) is 5. The molecule has 2 aliphatic rings. The fourth-order valence-corrected chi connectivity index (χ4v) is 4.08. The predicted octanol–water partition coefficient (Wildman–Crippen LogP) is 4.08. The van der Waals surface area contributed by atoms with E-state index in [1.54, 1.807) is 7.11 Å². The summed E-state index contributed by atoms with van der Waals surface area (Å²) < 4.78 is 5.24. The summed E-state index contributed by atoms with van der Waals surface area (Å²) in [5, 5.41) is 18.9. The van der Waals surface area contributed by atoms with Crippen LogP contribution in [0.2, 0.25) is 0 Å². The van der Waals surface area contributed by atoms with E-state index in [4.69, 9.17) is 15.1 Å². The fraction of sp³-hybridized carbons (Fsp3) is 0.500. The number of piperidine rings is 1. The van der Waals surface area contributed by atoms with E-state index in [1.165, 1.54) is 29.2 Å². The van der Waals surface area contributed by atoms with Gasteiger partial charge < -0.3 is 15.1 Å². The van der Waals surface area contributed by atoms with Gasteiger partial charge in [-0.15, -0.1) is 0 Å². The molecule has 0 amide bonds. The summed E-state index contributed by atoms with van der Waals surface area (Å²) >= 11 is 0. The van der Waals surface area contributed by atoms with Gasteiger partial charge in [-0.25, -0.2) is 0 Å². The van der Waals surface area contributed by atoms with E-state index in [1.807, 2.05) is 0 Å². The van der Waals surface area contributed by atoms with Crippen LogP contribution in [0.1, 0.15) is 49.3 Å². The van der Waals surface area contributed by atoms with E-state index >= 15 is 0 Å². The van der Waals surface area contributed by atoms with Crippen LogP contribution in [0.25, 0.3) is 0 Å². The summed E-state index contributed by atoms with van der Waals surface area (Å²) in [5.41, 5.74) is 2.84. The quantitative estimate of drug-likeness (QED) is 0.813. The molecule has 2 aromatic carbocycles. The van der Waals surface area contributed by atoms with Gasteiger partial charge in [0.1, 0.15) is 5.75 Å². The van der Waals surface area contributed by atoms with Gasteiger partial charge in [0.15, 0.2) is 0 Å². The van der Waals surface area contributed by atoms with Gasteiger partial charge in [-0.05, 0) is 61.9 Å². The summed E-state index contributed by atoms with van der Waals surface area (Å²) in [4.78, 5) is 2.59. The van der Waals surface area contributed by atoms with Crippen molar-refractivity contribution >= 4 is 0 Å². The number of likely N-dealkylation sites (tertiary alicyclic amines) is 1. The molecular weight excluding hydrogens is 364 g/mol. The topological polar surface area (TPSA) is 56.2 Å². The maximum absolute atomic E-state index is 8.89. The number of rotatable bonds is 4. The Morgan fingerprint density at radius 2 is 1.59 bits per heavy atom. The maximum atomic E-state index is 8.89. The van der Waals surface area contributed by atoms with Gasteiger partial charge in [0.2, 0.25) is 0 Å². The van der Waals surface area contributed by atoms with Crippen molar-refractivity contribution in [3.63, 3.8) is 0 Å². The molecule has 2 aromatic rings. The van der Waals surface area contributed by atoms with Crippen LogP contribution in [0.3, 0.4) is 0 Å². The predicted molar refractivity (Wildman–Crippen MR) is 115 cm³/mol. The molecule has 2 atom stereocenters. The average Bonchev–Trinajstić information content (AvgIpc) is 3.27. The van der Waals surface area contributed by atoms with Crippen molar-refractivity contribution in [1.82, 2.24) is 9.96 Å². The van der Waals surface area contributed by atoms with Crippen molar-refractivity contribution in [2.75, 3.05) is 33.3 Å². The molecular formula is C24H34N2O3. The van der Waals surface area contributed by atoms with Crippen molar-refractivity contribution < 1.29 is 15.1 Å². The van der Waals surface area contributed by atoms with E-state index in [9.17, 15) is 0 Å². The van der Waals surface area contributed by atoms with Crippen LogP contribution in [0, 0.1) is 0 Å². The van der Waals surface area contributed by atoms with Crippen LogP contribution >= 0.6 is 0 Å². The summed E-state index contributed by atoms with van der Waals surface area (Å²) in [6.07, 6.45) is 2.47. The van der Waals surface area contributed by atoms with Gasteiger partial charge in [-0.2, -0.15) is 5.06 Å². The lowest BCUT2D eigenvalue weighted by molar-refractivity contribution is -0.121.